The van der Waals surface area contributed by atoms with Gasteiger partial charge in [0.25, 0.3) is 5.91 Å². The molecular formula is C19H33N3O4. The molecule has 0 aromatic rings. The number of methoxy groups -OCH3 is 1. The fraction of sp³-hybridized carbons (Fsp3) is 0.895. The van der Waals surface area contributed by atoms with Gasteiger partial charge >= 0.3 is 0 Å². The molecule has 3 rings (SSSR count). The number of carbonyl (C=O) groups is 2. The maximum atomic E-state index is 12.9. The van der Waals surface area contributed by atoms with Gasteiger partial charge in [-0.1, -0.05) is 0 Å². The molecule has 0 saturated carbocycles. The van der Waals surface area contributed by atoms with Gasteiger partial charge in [-0.3, -0.25) is 9.59 Å². The lowest BCUT2D eigenvalue weighted by molar-refractivity contribution is -0.149. The zero-order valence-electron chi connectivity index (χ0n) is 15.9. The zero-order valence-corrected chi connectivity index (χ0v) is 15.9. The van der Waals surface area contributed by atoms with Crippen LogP contribution in [0.25, 0.3) is 0 Å². The Bertz CT molecular complexity index is 482. The van der Waals surface area contributed by atoms with Gasteiger partial charge in [0.2, 0.25) is 5.91 Å². The Hall–Kier alpha value is -1.18. The molecule has 2 N–H and O–H groups in total. The predicted molar refractivity (Wildman–Crippen MR) is 97.7 cm³/mol. The Kier molecular flexibility index (Phi) is 6.89. The minimum atomic E-state index is -0.359. The molecule has 0 spiro atoms. The van der Waals surface area contributed by atoms with Crippen LogP contribution in [0.15, 0.2) is 0 Å². The lowest BCUT2D eigenvalue weighted by Crippen LogP contribution is -2.56. The molecule has 3 fully saturated rings. The van der Waals surface area contributed by atoms with E-state index in [1.807, 2.05) is 0 Å². The van der Waals surface area contributed by atoms with E-state index >= 15 is 0 Å². The second-order valence-electron chi connectivity index (χ2n) is 7.95. The van der Waals surface area contributed by atoms with Gasteiger partial charge in [0, 0.05) is 32.2 Å². The van der Waals surface area contributed by atoms with Crippen molar-refractivity contribution in [3.8, 4) is 0 Å². The molecule has 0 bridgehead atoms. The topological polar surface area (TPSA) is 79.9 Å². The SMILES string of the molecule is COCC1(CNC(=O)C2CCCCN2C(=O)C2CCCO2)CCNCC1. The Balaban J connectivity index is 1.59. The number of rotatable bonds is 6. The normalized spacial score (nSPS) is 28.7. The molecular weight excluding hydrogens is 334 g/mol. The van der Waals surface area contributed by atoms with Crippen molar-refractivity contribution in [3.05, 3.63) is 0 Å². The van der Waals surface area contributed by atoms with Crippen molar-refractivity contribution in [3.63, 3.8) is 0 Å². The highest BCUT2D eigenvalue weighted by molar-refractivity contribution is 5.89. The number of piperidine rings is 2. The highest BCUT2D eigenvalue weighted by atomic mass is 16.5. The number of nitrogens with one attached hydrogen (secondary N) is 2. The van der Waals surface area contributed by atoms with E-state index in [0.717, 1.165) is 58.0 Å². The summed E-state index contributed by atoms with van der Waals surface area (Å²) in [6, 6.07) is -0.359. The van der Waals surface area contributed by atoms with Crippen molar-refractivity contribution in [2.75, 3.05) is 46.5 Å². The van der Waals surface area contributed by atoms with Crippen LogP contribution >= 0.6 is 0 Å². The van der Waals surface area contributed by atoms with Gasteiger partial charge in [0.1, 0.15) is 12.1 Å². The average Bonchev–Trinajstić information content (AvgIpc) is 3.21. The highest BCUT2D eigenvalue weighted by Gasteiger charge is 2.38. The molecule has 26 heavy (non-hydrogen) atoms. The second-order valence-corrected chi connectivity index (χ2v) is 7.95. The molecule has 2 atom stereocenters. The van der Waals surface area contributed by atoms with Crippen LogP contribution in [0.3, 0.4) is 0 Å². The number of ether oxygens (including phenoxy) is 2. The predicted octanol–water partition coefficient (Wildman–Crippen LogP) is 0.679. The first-order valence-corrected chi connectivity index (χ1v) is 10.0. The first-order chi connectivity index (χ1) is 12.7. The molecule has 7 nitrogen and oxygen atoms in total. The van der Waals surface area contributed by atoms with Crippen molar-refractivity contribution in [1.82, 2.24) is 15.5 Å². The van der Waals surface area contributed by atoms with E-state index in [9.17, 15) is 9.59 Å². The molecule has 2 unspecified atom stereocenters. The summed E-state index contributed by atoms with van der Waals surface area (Å²) in [5.74, 6) is -0.0270. The van der Waals surface area contributed by atoms with Crippen LogP contribution in [0.1, 0.15) is 44.9 Å². The quantitative estimate of drug-likeness (QED) is 0.722. The van der Waals surface area contributed by atoms with Gasteiger partial charge < -0.3 is 25.0 Å². The molecule has 3 aliphatic heterocycles. The summed E-state index contributed by atoms with van der Waals surface area (Å²) < 4.78 is 11.0. The van der Waals surface area contributed by atoms with Crippen LogP contribution in [0.2, 0.25) is 0 Å². The number of likely N-dealkylation sites (tertiary alicyclic amines) is 1. The van der Waals surface area contributed by atoms with Crippen LogP contribution in [0.5, 0.6) is 0 Å². The number of carbonyl (C=O) groups excluding carboxylic acids is 2. The van der Waals surface area contributed by atoms with Crippen LogP contribution in [-0.4, -0.2) is 75.4 Å². The van der Waals surface area contributed by atoms with E-state index in [4.69, 9.17) is 9.47 Å². The molecule has 7 heteroatoms. The minimum absolute atomic E-state index is 0.00387. The van der Waals surface area contributed by atoms with Gasteiger partial charge in [-0.05, 0) is 58.0 Å². The lowest BCUT2D eigenvalue weighted by Gasteiger charge is -2.39. The third-order valence-electron chi connectivity index (χ3n) is 6.05. The van der Waals surface area contributed by atoms with E-state index in [0.29, 0.717) is 26.3 Å². The minimum Gasteiger partial charge on any atom is -0.384 e. The van der Waals surface area contributed by atoms with E-state index in [-0.39, 0.29) is 29.4 Å². The maximum Gasteiger partial charge on any atom is 0.252 e. The number of hydrogen-bond donors (Lipinski definition) is 2. The first kappa shape index (κ1) is 19.6. The zero-order chi connectivity index (χ0) is 18.4. The lowest BCUT2D eigenvalue weighted by atomic mass is 9.79. The van der Waals surface area contributed by atoms with Crippen LogP contribution < -0.4 is 10.6 Å². The third kappa shape index (κ3) is 4.56. The van der Waals surface area contributed by atoms with Crippen LogP contribution in [-0.2, 0) is 19.1 Å². The van der Waals surface area contributed by atoms with Gasteiger partial charge in [0.05, 0.1) is 6.61 Å². The fourth-order valence-electron chi connectivity index (χ4n) is 4.45. The maximum absolute atomic E-state index is 12.9. The van der Waals surface area contributed by atoms with E-state index < -0.39 is 0 Å². The van der Waals surface area contributed by atoms with Crippen LogP contribution in [0, 0.1) is 5.41 Å². The van der Waals surface area contributed by atoms with E-state index in [1.165, 1.54) is 0 Å². The first-order valence-electron chi connectivity index (χ1n) is 10.0. The molecule has 3 saturated heterocycles. The molecule has 0 radical (unpaired) electrons. The Morgan fingerprint density at radius 3 is 2.73 bits per heavy atom. The second kappa shape index (κ2) is 9.15. The van der Waals surface area contributed by atoms with Crippen molar-refractivity contribution in [2.45, 2.75) is 57.1 Å². The monoisotopic (exact) mass is 367 g/mol. The standard InChI is InChI=1S/C19H33N3O4/c1-25-14-19(7-9-20-10-8-19)13-21-17(23)15-5-2-3-11-22(15)18(24)16-6-4-12-26-16/h15-16,20H,2-14H2,1H3,(H,21,23). The molecule has 3 heterocycles. The van der Waals surface area contributed by atoms with E-state index in [2.05, 4.69) is 10.6 Å². The van der Waals surface area contributed by atoms with E-state index in [1.54, 1.807) is 12.0 Å². The van der Waals surface area contributed by atoms with Crippen molar-refractivity contribution >= 4 is 11.8 Å². The largest absolute Gasteiger partial charge is 0.384 e. The Morgan fingerprint density at radius 2 is 2.04 bits per heavy atom. The number of nitrogens with zero attached hydrogens (tertiary/aromatic N) is 1. The van der Waals surface area contributed by atoms with Crippen LogP contribution in [0.4, 0.5) is 0 Å². The molecule has 2 amide bonds. The summed E-state index contributed by atoms with van der Waals surface area (Å²) in [6.07, 6.45) is 6.01. The molecule has 3 aliphatic rings. The molecule has 0 aromatic carbocycles. The number of amides is 2. The summed E-state index contributed by atoms with van der Waals surface area (Å²) >= 11 is 0. The Labute approximate surface area is 156 Å². The summed E-state index contributed by atoms with van der Waals surface area (Å²) in [5.41, 5.74) is -0.00622. The van der Waals surface area contributed by atoms with Gasteiger partial charge in [-0.15, -0.1) is 0 Å². The summed E-state index contributed by atoms with van der Waals surface area (Å²) in [5, 5.41) is 6.51. The molecule has 0 aromatic heterocycles. The average molecular weight is 367 g/mol. The Morgan fingerprint density at radius 1 is 1.23 bits per heavy atom. The van der Waals surface area contributed by atoms with Gasteiger partial charge in [0.15, 0.2) is 0 Å². The van der Waals surface area contributed by atoms with Crippen molar-refractivity contribution in [1.29, 1.82) is 0 Å². The van der Waals surface area contributed by atoms with Gasteiger partial charge in [-0.2, -0.15) is 0 Å². The summed E-state index contributed by atoms with van der Waals surface area (Å²) in [7, 11) is 1.72. The van der Waals surface area contributed by atoms with Crippen molar-refractivity contribution < 1.29 is 19.1 Å². The fourth-order valence-corrected chi connectivity index (χ4v) is 4.45. The van der Waals surface area contributed by atoms with Crippen molar-refractivity contribution in [2.24, 2.45) is 5.41 Å². The third-order valence-corrected chi connectivity index (χ3v) is 6.05. The highest BCUT2D eigenvalue weighted by Crippen LogP contribution is 2.29. The smallest absolute Gasteiger partial charge is 0.252 e. The summed E-state index contributed by atoms with van der Waals surface area (Å²) in [6.45, 7) is 4.47. The number of hydrogen-bond acceptors (Lipinski definition) is 5. The summed E-state index contributed by atoms with van der Waals surface area (Å²) in [4.78, 5) is 27.5. The molecule has 148 valence electrons. The van der Waals surface area contributed by atoms with Gasteiger partial charge in [-0.25, -0.2) is 0 Å². The molecule has 0 aliphatic carbocycles.